The summed E-state index contributed by atoms with van der Waals surface area (Å²) in [5.74, 6) is 1.79. The number of carbonyl (C=O) groups excluding carboxylic acids is 1. The molecule has 1 aliphatic carbocycles. The van der Waals surface area contributed by atoms with Gasteiger partial charge in [-0.05, 0) is 31.7 Å². The van der Waals surface area contributed by atoms with E-state index in [0.29, 0.717) is 12.3 Å². The Bertz CT molecular complexity index is 1090. The summed E-state index contributed by atoms with van der Waals surface area (Å²) in [7, 11) is 1.73. The fraction of sp³-hybridized carbons (Fsp3) is 0.462. The molecule has 2 atom stereocenters. The summed E-state index contributed by atoms with van der Waals surface area (Å²) in [5.41, 5.74) is 4.44. The zero-order valence-corrected chi connectivity index (χ0v) is 19.8. The summed E-state index contributed by atoms with van der Waals surface area (Å²) in [6.07, 6.45) is 5.81. The van der Waals surface area contributed by atoms with Gasteiger partial charge in [0.25, 0.3) is 0 Å². The monoisotopic (exact) mass is 448 g/mol. The van der Waals surface area contributed by atoms with E-state index < -0.39 is 0 Å². The molecule has 0 spiro atoms. The summed E-state index contributed by atoms with van der Waals surface area (Å²) >= 11 is 0. The molecule has 33 heavy (non-hydrogen) atoms. The number of nitrogens with zero attached hydrogens (tertiary/aromatic N) is 3. The fourth-order valence-corrected chi connectivity index (χ4v) is 4.28. The van der Waals surface area contributed by atoms with Crippen molar-refractivity contribution in [1.29, 1.82) is 0 Å². The van der Waals surface area contributed by atoms with Gasteiger partial charge in [0, 0.05) is 43.3 Å². The van der Waals surface area contributed by atoms with Crippen molar-refractivity contribution >= 4 is 5.91 Å². The van der Waals surface area contributed by atoms with Crippen LogP contribution in [0.15, 0.2) is 41.1 Å². The van der Waals surface area contributed by atoms with Gasteiger partial charge in [0.2, 0.25) is 5.91 Å². The Balaban J connectivity index is 1.49. The van der Waals surface area contributed by atoms with Crippen molar-refractivity contribution in [2.75, 3.05) is 7.11 Å². The molecule has 1 aliphatic rings. The molecule has 1 amide bonds. The van der Waals surface area contributed by atoms with Gasteiger partial charge >= 0.3 is 0 Å². The molecule has 0 saturated heterocycles. The van der Waals surface area contributed by atoms with Gasteiger partial charge in [-0.15, -0.1) is 0 Å². The van der Waals surface area contributed by atoms with E-state index in [1.807, 2.05) is 43.5 Å². The number of aryl methyl sites for hydroxylation is 1. The van der Waals surface area contributed by atoms with Crippen LogP contribution in [0.5, 0.6) is 0 Å². The van der Waals surface area contributed by atoms with Gasteiger partial charge in [0.1, 0.15) is 5.82 Å². The number of ether oxygens (including phenoxy) is 1. The molecule has 4 rings (SSSR count). The molecule has 7 heteroatoms. The first-order valence-corrected chi connectivity index (χ1v) is 11.6. The quantitative estimate of drug-likeness (QED) is 0.544. The van der Waals surface area contributed by atoms with E-state index in [-0.39, 0.29) is 23.8 Å². The highest BCUT2D eigenvalue weighted by Crippen LogP contribution is 2.32. The molecule has 0 radical (unpaired) electrons. The summed E-state index contributed by atoms with van der Waals surface area (Å²) in [6, 6.07) is 10.0. The predicted molar refractivity (Wildman–Crippen MR) is 126 cm³/mol. The minimum atomic E-state index is 0.0337. The molecule has 0 aliphatic heterocycles. The van der Waals surface area contributed by atoms with Crippen molar-refractivity contribution in [3.8, 4) is 22.6 Å². The molecule has 0 bridgehead atoms. The summed E-state index contributed by atoms with van der Waals surface area (Å²) in [4.78, 5) is 22.0. The Labute approximate surface area is 195 Å². The number of hydrogen-bond donors (Lipinski definition) is 1. The molecule has 3 aromatic rings. The van der Waals surface area contributed by atoms with Gasteiger partial charge in [-0.3, -0.25) is 4.79 Å². The van der Waals surface area contributed by atoms with E-state index >= 15 is 0 Å². The molecular formula is C26H32N4O3. The number of amides is 1. The van der Waals surface area contributed by atoms with E-state index in [2.05, 4.69) is 29.3 Å². The first kappa shape index (κ1) is 23.1. The Morgan fingerprint density at radius 2 is 2.03 bits per heavy atom. The molecular weight excluding hydrogens is 416 g/mol. The Kier molecular flexibility index (Phi) is 7.18. The molecule has 2 unspecified atom stereocenters. The lowest BCUT2D eigenvalue weighted by Gasteiger charge is -2.27. The highest BCUT2D eigenvalue weighted by Gasteiger charge is 2.27. The van der Waals surface area contributed by atoms with Gasteiger partial charge in [-0.2, -0.15) is 0 Å². The van der Waals surface area contributed by atoms with Crippen LogP contribution in [0.3, 0.4) is 0 Å². The molecule has 1 saturated carbocycles. The van der Waals surface area contributed by atoms with Gasteiger partial charge in [0.15, 0.2) is 5.76 Å². The lowest BCUT2D eigenvalue weighted by atomic mass is 9.86. The second-order valence-corrected chi connectivity index (χ2v) is 9.11. The third-order valence-electron chi connectivity index (χ3n) is 6.24. The number of carbonyl (C=O) groups is 1. The van der Waals surface area contributed by atoms with Crippen LogP contribution in [0, 0.1) is 12.8 Å². The second kappa shape index (κ2) is 10.3. The number of benzene rings is 1. The first-order valence-electron chi connectivity index (χ1n) is 11.6. The van der Waals surface area contributed by atoms with Gasteiger partial charge < -0.3 is 14.6 Å². The summed E-state index contributed by atoms with van der Waals surface area (Å²) in [5, 5.41) is 7.10. The van der Waals surface area contributed by atoms with Gasteiger partial charge in [-0.1, -0.05) is 49.7 Å². The van der Waals surface area contributed by atoms with Crippen LogP contribution >= 0.6 is 0 Å². The lowest BCUT2D eigenvalue weighted by molar-refractivity contribution is -0.127. The van der Waals surface area contributed by atoms with Gasteiger partial charge in [0.05, 0.1) is 23.1 Å². The van der Waals surface area contributed by atoms with Crippen molar-refractivity contribution in [3.63, 3.8) is 0 Å². The molecule has 2 heterocycles. The molecule has 1 fully saturated rings. The smallest absolute Gasteiger partial charge is 0.223 e. The lowest BCUT2D eigenvalue weighted by Crippen LogP contribution is -2.35. The van der Waals surface area contributed by atoms with Crippen molar-refractivity contribution < 1.29 is 14.1 Å². The van der Waals surface area contributed by atoms with Crippen LogP contribution in [0.25, 0.3) is 22.6 Å². The largest absolute Gasteiger partial charge is 0.381 e. The van der Waals surface area contributed by atoms with Crippen molar-refractivity contribution in [2.24, 2.45) is 5.92 Å². The molecule has 2 aromatic heterocycles. The number of rotatable bonds is 7. The topological polar surface area (TPSA) is 90.1 Å². The van der Waals surface area contributed by atoms with E-state index in [0.717, 1.165) is 59.6 Å². The number of aromatic nitrogens is 3. The normalized spacial score (nSPS) is 18.5. The zero-order chi connectivity index (χ0) is 23.4. The summed E-state index contributed by atoms with van der Waals surface area (Å²) in [6.45, 7) is 6.54. The van der Waals surface area contributed by atoms with Crippen molar-refractivity contribution in [1.82, 2.24) is 20.4 Å². The van der Waals surface area contributed by atoms with Crippen LogP contribution in [-0.2, 0) is 16.1 Å². The number of nitrogens with one attached hydrogen (secondary N) is 1. The molecule has 1 N–H and O–H groups in total. The third-order valence-corrected chi connectivity index (χ3v) is 6.24. The number of methoxy groups -OCH3 is 1. The van der Waals surface area contributed by atoms with Crippen LogP contribution in [0.2, 0.25) is 0 Å². The summed E-state index contributed by atoms with van der Waals surface area (Å²) < 4.78 is 10.9. The van der Waals surface area contributed by atoms with Crippen molar-refractivity contribution in [3.05, 3.63) is 53.6 Å². The van der Waals surface area contributed by atoms with Crippen LogP contribution in [-0.4, -0.2) is 34.2 Å². The average Bonchev–Trinajstić information content (AvgIpc) is 3.28. The highest BCUT2D eigenvalue weighted by atomic mass is 16.5. The minimum Gasteiger partial charge on any atom is -0.381 e. The maximum absolute atomic E-state index is 12.6. The van der Waals surface area contributed by atoms with E-state index in [1.165, 1.54) is 0 Å². The Morgan fingerprint density at radius 3 is 2.70 bits per heavy atom. The Morgan fingerprint density at radius 1 is 1.24 bits per heavy atom. The third kappa shape index (κ3) is 5.47. The van der Waals surface area contributed by atoms with Crippen LogP contribution in [0.4, 0.5) is 0 Å². The second-order valence-electron chi connectivity index (χ2n) is 9.11. The van der Waals surface area contributed by atoms with E-state index in [1.54, 1.807) is 7.11 Å². The average molecular weight is 449 g/mol. The first-order chi connectivity index (χ1) is 15.9. The van der Waals surface area contributed by atoms with Crippen LogP contribution in [0.1, 0.15) is 62.5 Å². The van der Waals surface area contributed by atoms with Crippen LogP contribution < -0.4 is 5.32 Å². The zero-order valence-electron chi connectivity index (χ0n) is 19.8. The maximum atomic E-state index is 12.6. The minimum absolute atomic E-state index is 0.0337. The SMILES string of the molecule is COC1CCCC(C(=O)NCc2ccc(-c3nc(C(C)C)ncc3-c3cc(C)no3)cc2)C1. The van der Waals surface area contributed by atoms with E-state index in [9.17, 15) is 4.79 Å². The molecule has 1 aromatic carbocycles. The van der Waals surface area contributed by atoms with Gasteiger partial charge in [-0.25, -0.2) is 9.97 Å². The molecule has 174 valence electrons. The predicted octanol–water partition coefficient (Wildman–Crippen LogP) is 5.05. The fourth-order valence-electron chi connectivity index (χ4n) is 4.28. The standard InChI is InChI=1S/C26H32N4O3/c1-16(2)25-27-15-22(23-12-17(3)30-33-23)24(29-25)19-10-8-18(9-11-19)14-28-26(31)20-6-5-7-21(13-20)32-4/h8-12,15-16,20-21H,5-7,13-14H2,1-4H3,(H,28,31). The van der Waals surface area contributed by atoms with Crippen molar-refractivity contribution in [2.45, 2.75) is 65.0 Å². The maximum Gasteiger partial charge on any atom is 0.223 e. The molecule has 7 nitrogen and oxygen atoms in total. The Hall–Kier alpha value is -3.06. The highest BCUT2D eigenvalue weighted by molar-refractivity contribution is 5.79. The number of hydrogen-bond acceptors (Lipinski definition) is 6. The van der Waals surface area contributed by atoms with E-state index in [4.69, 9.17) is 14.2 Å².